The summed E-state index contributed by atoms with van der Waals surface area (Å²) in [6, 6.07) is 7.47. The minimum Gasteiger partial charge on any atom is -0.494 e. The van der Waals surface area contributed by atoms with Gasteiger partial charge in [0.25, 0.3) is 0 Å². The molecular weight excluding hydrogens is 269 g/mol. The Morgan fingerprint density at radius 2 is 1.86 bits per heavy atom. The predicted octanol–water partition coefficient (Wildman–Crippen LogP) is 3.81. The first-order valence-electron chi connectivity index (χ1n) is 7.17. The van der Waals surface area contributed by atoms with E-state index in [4.69, 9.17) is 4.74 Å². The van der Waals surface area contributed by atoms with Crippen molar-refractivity contribution in [1.82, 2.24) is 9.97 Å². The van der Waals surface area contributed by atoms with Gasteiger partial charge in [-0.25, -0.2) is 14.4 Å². The number of hydrogen-bond acceptors (Lipinski definition) is 4. The van der Waals surface area contributed by atoms with Crippen molar-refractivity contribution >= 4 is 5.82 Å². The van der Waals surface area contributed by atoms with Crippen molar-refractivity contribution in [3.05, 3.63) is 35.8 Å². The van der Waals surface area contributed by atoms with Gasteiger partial charge in [0.2, 0.25) is 0 Å². The van der Waals surface area contributed by atoms with Crippen LogP contribution in [0.4, 0.5) is 10.2 Å². The third-order valence-electron chi connectivity index (χ3n) is 2.98. The summed E-state index contributed by atoms with van der Waals surface area (Å²) in [6.45, 7) is 6.90. The van der Waals surface area contributed by atoms with Gasteiger partial charge in [0, 0.05) is 12.1 Å². The molecule has 1 N–H and O–H groups in total. The van der Waals surface area contributed by atoms with Crippen LogP contribution in [0.15, 0.2) is 24.3 Å². The second-order valence-electron chi connectivity index (χ2n) is 4.68. The maximum absolute atomic E-state index is 14.0. The molecule has 0 spiro atoms. The number of aryl methyl sites for hydroxylation is 1. The number of rotatable bonds is 6. The van der Waals surface area contributed by atoms with E-state index in [-0.39, 0.29) is 5.82 Å². The number of nitrogens with zero attached hydrogens (tertiary/aromatic N) is 2. The van der Waals surface area contributed by atoms with Gasteiger partial charge in [-0.1, -0.05) is 6.92 Å². The minimum atomic E-state index is -0.391. The number of hydrogen-bond donors (Lipinski definition) is 1. The van der Waals surface area contributed by atoms with Gasteiger partial charge < -0.3 is 10.1 Å². The highest BCUT2D eigenvalue weighted by Crippen LogP contribution is 2.23. The molecule has 0 saturated heterocycles. The zero-order chi connectivity index (χ0) is 15.2. The maximum atomic E-state index is 14.0. The zero-order valence-corrected chi connectivity index (χ0v) is 12.6. The van der Waals surface area contributed by atoms with E-state index in [0.29, 0.717) is 24.7 Å². The average Bonchev–Trinajstić information content (AvgIpc) is 2.50. The Morgan fingerprint density at radius 3 is 2.48 bits per heavy atom. The van der Waals surface area contributed by atoms with Crippen LogP contribution in [0.1, 0.15) is 26.0 Å². The molecule has 0 amide bonds. The van der Waals surface area contributed by atoms with Crippen molar-refractivity contribution in [2.24, 2.45) is 0 Å². The molecule has 21 heavy (non-hydrogen) atoms. The SMILES string of the molecule is CCCNc1nc(-c2ccc(OCC)cc2)nc(C)c1F. The number of anilines is 1. The highest BCUT2D eigenvalue weighted by Gasteiger charge is 2.12. The van der Waals surface area contributed by atoms with Crippen LogP contribution < -0.4 is 10.1 Å². The standard InChI is InChI=1S/C16H20FN3O/c1-4-10-18-16-14(17)11(3)19-15(20-16)12-6-8-13(9-7-12)21-5-2/h6-9H,4-5,10H2,1-3H3,(H,18,19,20). The molecule has 112 valence electrons. The van der Waals surface area contributed by atoms with Crippen LogP contribution in [0.5, 0.6) is 5.75 Å². The molecule has 0 radical (unpaired) electrons. The number of nitrogens with one attached hydrogen (secondary N) is 1. The van der Waals surface area contributed by atoms with Crippen LogP contribution in [-0.2, 0) is 0 Å². The quantitative estimate of drug-likeness (QED) is 0.878. The fourth-order valence-corrected chi connectivity index (χ4v) is 1.92. The molecule has 1 aromatic heterocycles. The number of ether oxygens (including phenoxy) is 1. The van der Waals surface area contributed by atoms with E-state index in [1.54, 1.807) is 6.92 Å². The van der Waals surface area contributed by atoms with Gasteiger partial charge in [0.1, 0.15) is 5.75 Å². The van der Waals surface area contributed by atoms with Crippen molar-refractivity contribution < 1.29 is 9.13 Å². The average molecular weight is 289 g/mol. The molecule has 1 aromatic carbocycles. The Bertz CT molecular complexity index is 599. The Kier molecular flexibility index (Phi) is 5.09. The summed E-state index contributed by atoms with van der Waals surface area (Å²) in [6.07, 6.45) is 0.904. The summed E-state index contributed by atoms with van der Waals surface area (Å²) in [7, 11) is 0. The van der Waals surface area contributed by atoms with Crippen molar-refractivity contribution in [2.75, 3.05) is 18.5 Å². The molecule has 0 bridgehead atoms. The first-order valence-corrected chi connectivity index (χ1v) is 7.17. The number of benzene rings is 1. The first kappa shape index (κ1) is 15.2. The van der Waals surface area contributed by atoms with Crippen LogP contribution in [-0.4, -0.2) is 23.1 Å². The molecule has 0 atom stereocenters. The maximum Gasteiger partial charge on any atom is 0.186 e. The molecule has 0 saturated carbocycles. The molecule has 2 aromatic rings. The lowest BCUT2D eigenvalue weighted by molar-refractivity contribution is 0.340. The Morgan fingerprint density at radius 1 is 1.14 bits per heavy atom. The van der Waals surface area contributed by atoms with Crippen molar-refractivity contribution in [3.63, 3.8) is 0 Å². The molecule has 5 heteroatoms. The van der Waals surface area contributed by atoms with Gasteiger partial charge >= 0.3 is 0 Å². The lowest BCUT2D eigenvalue weighted by Crippen LogP contribution is -2.08. The Balaban J connectivity index is 2.32. The largest absolute Gasteiger partial charge is 0.494 e. The normalized spacial score (nSPS) is 10.5. The van der Waals surface area contributed by atoms with Gasteiger partial charge in [-0.3, -0.25) is 0 Å². The smallest absolute Gasteiger partial charge is 0.186 e. The molecule has 1 heterocycles. The lowest BCUT2D eigenvalue weighted by Gasteiger charge is -2.10. The number of aromatic nitrogens is 2. The molecule has 0 unspecified atom stereocenters. The van der Waals surface area contributed by atoms with Gasteiger partial charge in [-0.2, -0.15) is 0 Å². The number of halogens is 1. The van der Waals surface area contributed by atoms with Gasteiger partial charge in [0.15, 0.2) is 17.5 Å². The van der Waals surface area contributed by atoms with Crippen LogP contribution in [0.25, 0.3) is 11.4 Å². The lowest BCUT2D eigenvalue weighted by atomic mass is 10.2. The van der Waals surface area contributed by atoms with E-state index in [1.807, 2.05) is 38.1 Å². The van der Waals surface area contributed by atoms with Gasteiger partial charge in [0.05, 0.1) is 12.3 Å². The van der Waals surface area contributed by atoms with Crippen LogP contribution in [0, 0.1) is 12.7 Å². The summed E-state index contributed by atoms with van der Waals surface area (Å²) in [5.74, 6) is 1.17. The van der Waals surface area contributed by atoms with E-state index in [9.17, 15) is 4.39 Å². The first-order chi connectivity index (χ1) is 10.2. The van der Waals surface area contributed by atoms with Crippen LogP contribution >= 0.6 is 0 Å². The molecule has 0 aliphatic heterocycles. The summed E-state index contributed by atoms with van der Waals surface area (Å²) < 4.78 is 19.4. The Hall–Kier alpha value is -2.17. The summed E-state index contributed by atoms with van der Waals surface area (Å²) in [5.41, 5.74) is 1.17. The van der Waals surface area contributed by atoms with Crippen molar-refractivity contribution in [2.45, 2.75) is 27.2 Å². The monoisotopic (exact) mass is 289 g/mol. The van der Waals surface area contributed by atoms with Gasteiger partial charge in [-0.15, -0.1) is 0 Å². The highest BCUT2D eigenvalue weighted by atomic mass is 19.1. The fraction of sp³-hybridized carbons (Fsp3) is 0.375. The van der Waals surface area contributed by atoms with Gasteiger partial charge in [-0.05, 0) is 44.5 Å². The molecule has 0 aliphatic carbocycles. The third kappa shape index (κ3) is 3.68. The molecule has 2 rings (SSSR count). The molecule has 4 nitrogen and oxygen atoms in total. The fourth-order valence-electron chi connectivity index (χ4n) is 1.92. The minimum absolute atomic E-state index is 0.258. The predicted molar refractivity (Wildman–Crippen MR) is 82.1 cm³/mol. The van der Waals surface area contributed by atoms with E-state index >= 15 is 0 Å². The Labute approximate surface area is 124 Å². The van der Waals surface area contributed by atoms with E-state index in [2.05, 4.69) is 15.3 Å². The molecule has 0 fully saturated rings. The third-order valence-corrected chi connectivity index (χ3v) is 2.98. The zero-order valence-electron chi connectivity index (χ0n) is 12.6. The van der Waals surface area contributed by atoms with Crippen LogP contribution in [0.2, 0.25) is 0 Å². The van der Waals surface area contributed by atoms with Crippen molar-refractivity contribution in [3.8, 4) is 17.1 Å². The van der Waals surface area contributed by atoms with Crippen LogP contribution in [0.3, 0.4) is 0 Å². The summed E-state index contributed by atoms with van der Waals surface area (Å²) in [5, 5.41) is 2.99. The second-order valence-corrected chi connectivity index (χ2v) is 4.68. The topological polar surface area (TPSA) is 47.0 Å². The molecular formula is C16H20FN3O. The second kappa shape index (κ2) is 7.02. The molecule has 0 aliphatic rings. The van der Waals surface area contributed by atoms with Crippen molar-refractivity contribution in [1.29, 1.82) is 0 Å². The summed E-state index contributed by atoms with van der Waals surface area (Å²) in [4.78, 5) is 8.50. The summed E-state index contributed by atoms with van der Waals surface area (Å²) >= 11 is 0. The van der Waals surface area contributed by atoms with E-state index in [0.717, 1.165) is 17.7 Å². The van der Waals surface area contributed by atoms with E-state index in [1.165, 1.54) is 0 Å². The van der Waals surface area contributed by atoms with E-state index < -0.39 is 5.82 Å². The highest BCUT2D eigenvalue weighted by molar-refractivity contribution is 5.59.